The lowest BCUT2D eigenvalue weighted by Crippen LogP contribution is -2.58. The fourth-order valence-corrected chi connectivity index (χ4v) is 2.72. The van der Waals surface area contributed by atoms with E-state index in [9.17, 15) is 14.7 Å². The highest BCUT2D eigenvalue weighted by atomic mass is 16.5. The van der Waals surface area contributed by atoms with Crippen LogP contribution in [0.4, 0.5) is 0 Å². The molecule has 21 heavy (non-hydrogen) atoms. The number of amides is 1. The van der Waals surface area contributed by atoms with Crippen molar-refractivity contribution < 1.29 is 19.4 Å². The van der Waals surface area contributed by atoms with Crippen molar-refractivity contribution in [1.29, 1.82) is 0 Å². The Morgan fingerprint density at radius 3 is 2.52 bits per heavy atom. The number of aliphatic carboxylic acids is 1. The normalized spacial score (nSPS) is 23.5. The van der Waals surface area contributed by atoms with Crippen LogP contribution in [0.25, 0.3) is 0 Å². The van der Waals surface area contributed by atoms with E-state index in [1.54, 1.807) is 22.8 Å². The van der Waals surface area contributed by atoms with E-state index in [2.05, 4.69) is 5.10 Å². The second kappa shape index (κ2) is 5.14. The van der Waals surface area contributed by atoms with Crippen LogP contribution in [0, 0.1) is 6.92 Å². The minimum atomic E-state index is -1.09. The number of aryl methyl sites for hydroxylation is 1. The highest BCUT2D eigenvalue weighted by molar-refractivity contribution is 5.83. The number of carboxylic acid groups (broad SMARTS) is 1. The van der Waals surface area contributed by atoms with E-state index in [0.29, 0.717) is 5.56 Å². The fourth-order valence-electron chi connectivity index (χ4n) is 2.72. The van der Waals surface area contributed by atoms with Crippen molar-refractivity contribution in [2.45, 2.75) is 45.4 Å². The van der Waals surface area contributed by atoms with Gasteiger partial charge in [0.05, 0.1) is 12.2 Å². The summed E-state index contributed by atoms with van der Waals surface area (Å²) in [5.74, 6) is -1.29. The summed E-state index contributed by atoms with van der Waals surface area (Å²) in [6.07, 6.45) is 0.515. The van der Waals surface area contributed by atoms with Crippen molar-refractivity contribution in [2.24, 2.45) is 7.05 Å². The number of hydrogen-bond donors (Lipinski definition) is 1. The van der Waals surface area contributed by atoms with Crippen molar-refractivity contribution in [3.05, 3.63) is 17.5 Å². The number of rotatable bonds is 2. The molecule has 7 nitrogen and oxygen atoms in total. The van der Waals surface area contributed by atoms with Gasteiger partial charge in [0, 0.05) is 23.8 Å². The molecule has 2 unspecified atom stereocenters. The average Bonchev–Trinajstić information content (AvgIpc) is 2.67. The van der Waals surface area contributed by atoms with Crippen LogP contribution >= 0.6 is 0 Å². The van der Waals surface area contributed by atoms with Gasteiger partial charge in [0.25, 0.3) is 0 Å². The lowest BCUT2D eigenvalue weighted by Gasteiger charge is -2.46. The predicted molar refractivity (Wildman–Crippen MR) is 74.7 cm³/mol. The highest BCUT2D eigenvalue weighted by Gasteiger charge is 2.47. The van der Waals surface area contributed by atoms with Crippen LogP contribution in [0.2, 0.25) is 0 Å². The largest absolute Gasteiger partial charge is 0.479 e. The Balaban J connectivity index is 2.57. The minimum Gasteiger partial charge on any atom is -0.479 e. The predicted octanol–water partition coefficient (Wildman–Crippen LogP) is 0.880. The second-order valence-electron chi connectivity index (χ2n) is 6.26. The molecule has 1 N–H and O–H groups in total. The molecule has 1 aliphatic heterocycles. The summed E-state index contributed by atoms with van der Waals surface area (Å²) in [5, 5.41) is 13.6. The standard InChI is InChI=1S/C14H21N3O4/c1-8-9(6-15-16(8)5)11-12(13(19)20)21-7-10(18)17(11)14(2,3)4/h6,11-12H,7H2,1-5H3,(H,19,20). The average molecular weight is 295 g/mol. The molecule has 1 fully saturated rings. The Labute approximate surface area is 123 Å². The fraction of sp³-hybridized carbons (Fsp3) is 0.643. The van der Waals surface area contributed by atoms with E-state index in [4.69, 9.17) is 4.74 Å². The van der Waals surface area contributed by atoms with E-state index in [1.807, 2.05) is 27.7 Å². The summed E-state index contributed by atoms with van der Waals surface area (Å²) < 4.78 is 6.94. The summed E-state index contributed by atoms with van der Waals surface area (Å²) in [5.41, 5.74) is 1.01. The van der Waals surface area contributed by atoms with Gasteiger partial charge in [-0.2, -0.15) is 5.10 Å². The van der Waals surface area contributed by atoms with Gasteiger partial charge >= 0.3 is 5.97 Å². The lowest BCUT2D eigenvalue weighted by molar-refractivity contribution is -0.179. The molecule has 2 atom stereocenters. The third-order valence-corrected chi connectivity index (χ3v) is 3.78. The maximum absolute atomic E-state index is 12.3. The SMILES string of the molecule is Cc1c(C2C(C(=O)O)OCC(=O)N2C(C)(C)C)cnn1C. The molecular weight excluding hydrogens is 274 g/mol. The Hall–Kier alpha value is -1.89. The quantitative estimate of drug-likeness (QED) is 0.875. The van der Waals surface area contributed by atoms with Gasteiger partial charge in [-0.25, -0.2) is 4.79 Å². The van der Waals surface area contributed by atoms with Crippen molar-refractivity contribution in [3.63, 3.8) is 0 Å². The molecule has 2 heterocycles. The molecular formula is C14H21N3O4. The van der Waals surface area contributed by atoms with Gasteiger partial charge in [-0.3, -0.25) is 9.48 Å². The zero-order chi connectivity index (χ0) is 15.9. The summed E-state index contributed by atoms with van der Waals surface area (Å²) in [4.78, 5) is 25.4. The monoisotopic (exact) mass is 295 g/mol. The molecule has 116 valence electrons. The van der Waals surface area contributed by atoms with Gasteiger partial charge in [0.1, 0.15) is 6.61 Å². The number of aromatic nitrogens is 2. The first-order valence-electron chi connectivity index (χ1n) is 6.79. The first-order chi connectivity index (χ1) is 9.64. The molecule has 1 amide bonds. The van der Waals surface area contributed by atoms with Crippen LogP contribution in [0.3, 0.4) is 0 Å². The first-order valence-corrected chi connectivity index (χ1v) is 6.79. The van der Waals surface area contributed by atoms with Gasteiger partial charge in [0.2, 0.25) is 5.91 Å². The number of carboxylic acids is 1. The van der Waals surface area contributed by atoms with E-state index in [1.165, 1.54) is 0 Å². The number of hydrogen-bond acceptors (Lipinski definition) is 4. The number of carbonyl (C=O) groups excluding carboxylic acids is 1. The van der Waals surface area contributed by atoms with Crippen LogP contribution in [0.1, 0.15) is 38.1 Å². The zero-order valence-corrected chi connectivity index (χ0v) is 13.0. The topological polar surface area (TPSA) is 84.7 Å². The van der Waals surface area contributed by atoms with Crippen molar-refractivity contribution >= 4 is 11.9 Å². The summed E-state index contributed by atoms with van der Waals surface area (Å²) >= 11 is 0. The van der Waals surface area contributed by atoms with Gasteiger partial charge in [-0.05, 0) is 27.7 Å². The molecule has 7 heteroatoms. The number of ether oxygens (including phenoxy) is 1. The Morgan fingerprint density at radius 2 is 2.10 bits per heavy atom. The van der Waals surface area contributed by atoms with Crippen LogP contribution in [-0.2, 0) is 21.4 Å². The van der Waals surface area contributed by atoms with Crippen LogP contribution in [0.15, 0.2) is 6.20 Å². The van der Waals surface area contributed by atoms with Gasteiger partial charge in [-0.1, -0.05) is 0 Å². The van der Waals surface area contributed by atoms with Gasteiger partial charge < -0.3 is 14.7 Å². The number of nitrogens with zero attached hydrogens (tertiary/aromatic N) is 3. The van der Waals surface area contributed by atoms with Gasteiger partial charge in [0.15, 0.2) is 6.10 Å². The molecule has 2 rings (SSSR count). The van der Waals surface area contributed by atoms with E-state index in [-0.39, 0.29) is 12.5 Å². The molecule has 1 aliphatic rings. The van der Waals surface area contributed by atoms with Crippen molar-refractivity contribution in [1.82, 2.24) is 14.7 Å². The van der Waals surface area contributed by atoms with Crippen molar-refractivity contribution in [3.8, 4) is 0 Å². The Morgan fingerprint density at radius 1 is 1.48 bits per heavy atom. The first kappa shape index (κ1) is 15.5. The van der Waals surface area contributed by atoms with Crippen LogP contribution in [-0.4, -0.2) is 49.9 Å². The maximum atomic E-state index is 12.3. The second-order valence-corrected chi connectivity index (χ2v) is 6.26. The molecule has 1 aromatic heterocycles. The Kier molecular flexibility index (Phi) is 3.79. The molecule has 0 aromatic carbocycles. The van der Waals surface area contributed by atoms with E-state index >= 15 is 0 Å². The van der Waals surface area contributed by atoms with Gasteiger partial charge in [-0.15, -0.1) is 0 Å². The van der Waals surface area contributed by atoms with Crippen molar-refractivity contribution in [2.75, 3.05) is 6.61 Å². The maximum Gasteiger partial charge on any atom is 0.335 e. The highest BCUT2D eigenvalue weighted by Crippen LogP contribution is 2.36. The third-order valence-electron chi connectivity index (χ3n) is 3.78. The molecule has 1 saturated heterocycles. The van der Waals surface area contributed by atoms with E-state index in [0.717, 1.165) is 5.69 Å². The Bertz CT molecular complexity index is 573. The minimum absolute atomic E-state index is 0.215. The summed E-state index contributed by atoms with van der Waals surface area (Å²) in [7, 11) is 1.78. The molecule has 0 saturated carbocycles. The lowest BCUT2D eigenvalue weighted by atomic mass is 9.92. The molecule has 0 spiro atoms. The number of carbonyl (C=O) groups is 2. The summed E-state index contributed by atoms with van der Waals surface area (Å²) in [6.45, 7) is 7.28. The van der Waals surface area contributed by atoms with Crippen LogP contribution < -0.4 is 0 Å². The van der Waals surface area contributed by atoms with E-state index < -0.39 is 23.7 Å². The third kappa shape index (κ3) is 2.65. The smallest absolute Gasteiger partial charge is 0.335 e. The molecule has 0 bridgehead atoms. The molecule has 0 aliphatic carbocycles. The summed E-state index contributed by atoms with van der Waals surface area (Å²) in [6, 6.07) is -0.683. The zero-order valence-electron chi connectivity index (χ0n) is 13.0. The number of morpholine rings is 1. The van der Waals surface area contributed by atoms with Crippen LogP contribution in [0.5, 0.6) is 0 Å². The molecule has 1 aromatic rings. The molecule has 0 radical (unpaired) electrons.